The monoisotopic (exact) mass is 367 g/mol. The van der Waals surface area contributed by atoms with E-state index in [-0.39, 0.29) is 10.9 Å². The van der Waals surface area contributed by atoms with E-state index in [0.717, 1.165) is 5.75 Å². The Morgan fingerprint density at radius 2 is 0.778 bits per heavy atom. The Labute approximate surface area is 164 Å². The van der Waals surface area contributed by atoms with Gasteiger partial charge in [0.2, 0.25) is 0 Å². The van der Waals surface area contributed by atoms with Crippen LogP contribution < -0.4 is 0 Å². The van der Waals surface area contributed by atoms with E-state index in [0.29, 0.717) is 5.92 Å². The molecule has 0 amide bonds. The lowest BCUT2D eigenvalue weighted by Crippen LogP contribution is -2.17. The topological polar surface area (TPSA) is 0 Å². The summed E-state index contributed by atoms with van der Waals surface area (Å²) in [4.78, 5) is 2.81. The van der Waals surface area contributed by atoms with E-state index in [1.807, 2.05) is 0 Å². The summed E-state index contributed by atoms with van der Waals surface area (Å²) in [6.45, 7) is 0. The van der Waals surface area contributed by atoms with E-state index in [2.05, 4.69) is 121 Å². The van der Waals surface area contributed by atoms with Crippen LogP contribution in [0.15, 0.2) is 131 Å². The zero-order valence-electron chi connectivity index (χ0n) is 15.2. The third-order valence-electron chi connectivity index (χ3n) is 4.79. The molecule has 132 valence electrons. The molecule has 0 radical (unpaired) electrons. The molecule has 4 aromatic rings. The maximum absolute atomic E-state index is 2.27. The van der Waals surface area contributed by atoms with Gasteiger partial charge >= 0.3 is 0 Å². The normalized spacial score (nSPS) is 11.0. The van der Waals surface area contributed by atoms with Gasteiger partial charge in [-0.1, -0.05) is 97.1 Å². The summed E-state index contributed by atoms with van der Waals surface area (Å²) in [6.07, 6.45) is 0. The van der Waals surface area contributed by atoms with Crippen molar-refractivity contribution in [2.45, 2.75) is 15.7 Å². The van der Waals surface area contributed by atoms with Crippen molar-refractivity contribution >= 4 is 10.9 Å². The molecule has 0 aliphatic heterocycles. The van der Waals surface area contributed by atoms with Crippen molar-refractivity contribution in [2.75, 3.05) is 5.75 Å². The van der Waals surface area contributed by atoms with Crippen LogP contribution >= 0.6 is 0 Å². The standard InChI is InChI=1S/C26H23S/c1-5-13-22(14-6-1)26(23-15-7-2-8-16-23)21-27(24-17-9-3-10-18-24)25-19-11-4-12-20-25/h1-20,26H,21H2/q+1. The van der Waals surface area contributed by atoms with E-state index in [9.17, 15) is 0 Å². The Balaban J connectivity index is 1.77. The quantitative estimate of drug-likeness (QED) is 0.339. The van der Waals surface area contributed by atoms with Gasteiger partial charge in [0.05, 0.1) is 16.8 Å². The summed E-state index contributed by atoms with van der Waals surface area (Å²) >= 11 is 0. The van der Waals surface area contributed by atoms with Crippen LogP contribution in [0.25, 0.3) is 0 Å². The average Bonchev–Trinajstić information content (AvgIpc) is 2.77. The number of benzene rings is 4. The summed E-state index contributed by atoms with van der Waals surface area (Å²) < 4.78 is 0. The SMILES string of the molecule is c1ccc(C(C[S+](c2ccccc2)c2ccccc2)c2ccccc2)cc1. The highest BCUT2D eigenvalue weighted by Gasteiger charge is 2.30. The van der Waals surface area contributed by atoms with Crippen LogP contribution in [0.5, 0.6) is 0 Å². The van der Waals surface area contributed by atoms with E-state index in [1.165, 1.54) is 20.9 Å². The number of hydrogen-bond acceptors (Lipinski definition) is 0. The van der Waals surface area contributed by atoms with E-state index < -0.39 is 0 Å². The molecule has 1 heteroatoms. The Bertz CT molecular complexity index is 774. The van der Waals surface area contributed by atoms with Gasteiger partial charge in [-0.15, -0.1) is 0 Å². The van der Waals surface area contributed by atoms with Crippen LogP contribution in [0.1, 0.15) is 17.0 Å². The predicted octanol–water partition coefficient (Wildman–Crippen LogP) is 6.56. The predicted molar refractivity (Wildman–Crippen MR) is 116 cm³/mol. The summed E-state index contributed by atoms with van der Waals surface area (Å²) in [7, 11) is 0.0177. The minimum absolute atomic E-state index is 0.0177. The van der Waals surface area contributed by atoms with Crippen LogP contribution in [-0.4, -0.2) is 5.75 Å². The summed E-state index contributed by atoms with van der Waals surface area (Å²) in [5, 5.41) is 0. The summed E-state index contributed by atoms with van der Waals surface area (Å²) in [5.74, 6) is 1.44. The zero-order valence-corrected chi connectivity index (χ0v) is 16.1. The molecule has 0 heterocycles. The van der Waals surface area contributed by atoms with Gasteiger partial charge in [-0.2, -0.15) is 0 Å². The van der Waals surface area contributed by atoms with Gasteiger partial charge in [-0.3, -0.25) is 0 Å². The van der Waals surface area contributed by atoms with Gasteiger partial charge in [0, 0.05) is 0 Å². The van der Waals surface area contributed by atoms with Crippen molar-refractivity contribution in [3.8, 4) is 0 Å². The number of rotatable bonds is 6. The van der Waals surface area contributed by atoms with Crippen molar-refractivity contribution in [1.29, 1.82) is 0 Å². The van der Waals surface area contributed by atoms with Crippen LogP contribution in [0.3, 0.4) is 0 Å². The Hall–Kier alpha value is -2.77. The molecule has 4 aromatic carbocycles. The second-order valence-corrected chi connectivity index (χ2v) is 8.62. The Kier molecular flexibility index (Phi) is 5.71. The largest absolute Gasteiger partial charge is 0.160 e. The fraction of sp³-hybridized carbons (Fsp3) is 0.0769. The molecule has 0 aliphatic rings. The molecule has 0 N–H and O–H groups in total. The lowest BCUT2D eigenvalue weighted by molar-refractivity contribution is 0.929. The van der Waals surface area contributed by atoms with Gasteiger partial charge in [-0.25, -0.2) is 0 Å². The van der Waals surface area contributed by atoms with Gasteiger partial charge in [-0.05, 0) is 35.4 Å². The molecule has 0 nitrogen and oxygen atoms in total. The Morgan fingerprint density at radius 1 is 0.444 bits per heavy atom. The first-order valence-electron chi connectivity index (χ1n) is 9.33. The molecule has 0 atom stereocenters. The average molecular weight is 368 g/mol. The van der Waals surface area contributed by atoms with Crippen molar-refractivity contribution in [1.82, 2.24) is 0 Å². The molecule has 0 aliphatic carbocycles. The molecule has 0 bridgehead atoms. The van der Waals surface area contributed by atoms with E-state index in [4.69, 9.17) is 0 Å². The zero-order chi connectivity index (χ0) is 18.3. The highest BCUT2D eigenvalue weighted by molar-refractivity contribution is 7.97. The van der Waals surface area contributed by atoms with Crippen molar-refractivity contribution in [3.05, 3.63) is 132 Å². The molecule has 0 saturated heterocycles. The lowest BCUT2D eigenvalue weighted by Gasteiger charge is -2.19. The molecule has 27 heavy (non-hydrogen) atoms. The minimum Gasteiger partial charge on any atom is -0.0622 e. The van der Waals surface area contributed by atoms with Gasteiger partial charge in [0.1, 0.15) is 5.75 Å². The molecule has 0 unspecified atom stereocenters. The molecule has 0 spiro atoms. The van der Waals surface area contributed by atoms with E-state index >= 15 is 0 Å². The van der Waals surface area contributed by atoms with Crippen LogP contribution in [0, 0.1) is 0 Å². The smallest absolute Gasteiger partial charge is 0.0622 e. The van der Waals surface area contributed by atoms with Crippen LogP contribution in [0.2, 0.25) is 0 Å². The highest BCUT2D eigenvalue weighted by atomic mass is 32.2. The van der Waals surface area contributed by atoms with Gasteiger partial charge in [0.15, 0.2) is 9.79 Å². The summed E-state index contributed by atoms with van der Waals surface area (Å²) in [5.41, 5.74) is 2.76. The van der Waals surface area contributed by atoms with Crippen molar-refractivity contribution in [3.63, 3.8) is 0 Å². The first-order valence-corrected chi connectivity index (χ1v) is 10.7. The maximum Gasteiger partial charge on any atom is 0.160 e. The highest BCUT2D eigenvalue weighted by Crippen LogP contribution is 2.33. The van der Waals surface area contributed by atoms with Crippen molar-refractivity contribution < 1.29 is 0 Å². The first kappa shape index (κ1) is 17.6. The molecule has 4 rings (SSSR count). The van der Waals surface area contributed by atoms with Gasteiger partial charge in [0.25, 0.3) is 0 Å². The number of hydrogen-bond donors (Lipinski definition) is 0. The summed E-state index contributed by atoms with van der Waals surface area (Å²) in [6, 6.07) is 43.7. The third-order valence-corrected chi connectivity index (χ3v) is 7.14. The van der Waals surface area contributed by atoms with Crippen LogP contribution in [0.4, 0.5) is 0 Å². The van der Waals surface area contributed by atoms with Crippen molar-refractivity contribution in [2.24, 2.45) is 0 Å². The second-order valence-electron chi connectivity index (χ2n) is 6.56. The second kappa shape index (κ2) is 8.75. The molecule has 0 saturated carbocycles. The lowest BCUT2D eigenvalue weighted by atomic mass is 9.93. The fourth-order valence-electron chi connectivity index (χ4n) is 3.42. The molecule has 0 aromatic heterocycles. The Morgan fingerprint density at radius 3 is 1.15 bits per heavy atom. The fourth-order valence-corrected chi connectivity index (χ4v) is 5.77. The minimum atomic E-state index is 0.0177. The van der Waals surface area contributed by atoms with Crippen LogP contribution in [-0.2, 0) is 10.9 Å². The molecular weight excluding hydrogens is 344 g/mol. The molecular formula is C26H23S+. The molecule has 0 fully saturated rings. The van der Waals surface area contributed by atoms with E-state index in [1.54, 1.807) is 0 Å². The first-order chi connectivity index (χ1) is 13.4. The third kappa shape index (κ3) is 4.32. The maximum atomic E-state index is 2.27. The van der Waals surface area contributed by atoms with Gasteiger partial charge < -0.3 is 0 Å².